The van der Waals surface area contributed by atoms with Crippen molar-refractivity contribution in [2.24, 2.45) is 23.5 Å². The molecule has 0 radical (unpaired) electrons. The Morgan fingerprint density at radius 1 is 1.28 bits per heavy atom. The van der Waals surface area contributed by atoms with Crippen LogP contribution in [0, 0.1) is 17.8 Å². The van der Waals surface area contributed by atoms with Crippen molar-refractivity contribution in [3.05, 3.63) is 0 Å². The molecule has 1 saturated heterocycles. The van der Waals surface area contributed by atoms with E-state index in [0.29, 0.717) is 11.8 Å². The molecule has 2 aliphatic rings. The molecule has 2 fully saturated rings. The molecule has 2 rings (SSSR count). The summed E-state index contributed by atoms with van der Waals surface area (Å²) >= 11 is 0. The largest absolute Gasteiger partial charge is 0.342 e. The molecule has 3 atom stereocenters. The Morgan fingerprint density at radius 3 is 2.83 bits per heavy atom. The van der Waals surface area contributed by atoms with E-state index >= 15 is 0 Å². The zero-order valence-electron chi connectivity index (χ0n) is 11.7. The van der Waals surface area contributed by atoms with Gasteiger partial charge in [0.25, 0.3) is 0 Å². The van der Waals surface area contributed by atoms with Crippen LogP contribution in [0.5, 0.6) is 0 Å². The number of hydrogen-bond donors (Lipinski definition) is 1. The highest BCUT2D eigenvalue weighted by Gasteiger charge is 2.33. The maximum atomic E-state index is 12.5. The lowest BCUT2D eigenvalue weighted by molar-refractivity contribution is -0.136. The number of carbonyl (C=O) groups is 1. The third-order valence-electron chi connectivity index (χ3n) is 4.76. The average molecular weight is 252 g/mol. The van der Waals surface area contributed by atoms with Gasteiger partial charge in [0.2, 0.25) is 5.91 Å². The van der Waals surface area contributed by atoms with Gasteiger partial charge in [-0.3, -0.25) is 4.79 Å². The Morgan fingerprint density at radius 2 is 2.11 bits per heavy atom. The molecule has 1 aliphatic carbocycles. The Hall–Kier alpha value is -0.570. The highest BCUT2D eigenvalue weighted by Crippen LogP contribution is 2.31. The van der Waals surface area contributed by atoms with Crippen molar-refractivity contribution in [3.8, 4) is 0 Å². The average Bonchev–Trinajstić information content (AvgIpc) is 2.87. The first-order chi connectivity index (χ1) is 8.74. The lowest BCUT2D eigenvalue weighted by Gasteiger charge is -2.30. The minimum Gasteiger partial charge on any atom is -0.342 e. The molecule has 0 bridgehead atoms. The third-order valence-corrected chi connectivity index (χ3v) is 4.76. The van der Waals surface area contributed by atoms with Gasteiger partial charge in [-0.05, 0) is 50.5 Å². The molecule has 104 valence electrons. The van der Waals surface area contributed by atoms with Crippen molar-refractivity contribution < 1.29 is 4.79 Å². The van der Waals surface area contributed by atoms with Crippen LogP contribution in [-0.4, -0.2) is 30.4 Å². The molecular weight excluding hydrogens is 224 g/mol. The van der Waals surface area contributed by atoms with E-state index in [0.717, 1.165) is 38.4 Å². The summed E-state index contributed by atoms with van der Waals surface area (Å²) in [5.41, 5.74) is 5.76. The van der Waals surface area contributed by atoms with E-state index < -0.39 is 0 Å². The minimum absolute atomic E-state index is 0.271. The molecule has 0 spiro atoms. The molecular formula is C15H28N2O. The van der Waals surface area contributed by atoms with E-state index in [1.54, 1.807) is 0 Å². The third kappa shape index (κ3) is 3.25. The van der Waals surface area contributed by atoms with Crippen LogP contribution in [0.25, 0.3) is 0 Å². The SMILES string of the molecule is CCCC1CCN(C(=O)C2CCCC(CN)C2)C1. The fraction of sp³-hybridized carbons (Fsp3) is 0.933. The van der Waals surface area contributed by atoms with Crippen LogP contribution in [0.1, 0.15) is 51.9 Å². The fourth-order valence-corrected chi connectivity index (χ4v) is 3.66. The quantitative estimate of drug-likeness (QED) is 0.835. The number of rotatable bonds is 4. The summed E-state index contributed by atoms with van der Waals surface area (Å²) in [4.78, 5) is 14.6. The van der Waals surface area contributed by atoms with Crippen molar-refractivity contribution in [2.75, 3.05) is 19.6 Å². The number of likely N-dealkylation sites (tertiary alicyclic amines) is 1. The van der Waals surface area contributed by atoms with Gasteiger partial charge in [0.15, 0.2) is 0 Å². The van der Waals surface area contributed by atoms with E-state index in [1.165, 1.54) is 32.1 Å². The summed E-state index contributed by atoms with van der Waals surface area (Å²) < 4.78 is 0. The Labute approximate surface area is 111 Å². The van der Waals surface area contributed by atoms with Crippen LogP contribution < -0.4 is 5.73 Å². The van der Waals surface area contributed by atoms with Crippen LogP contribution in [0.3, 0.4) is 0 Å². The fourth-order valence-electron chi connectivity index (χ4n) is 3.66. The second kappa shape index (κ2) is 6.55. The van der Waals surface area contributed by atoms with Crippen LogP contribution in [0.2, 0.25) is 0 Å². The predicted molar refractivity (Wildman–Crippen MR) is 74.1 cm³/mol. The highest BCUT2D eigenvalue weighted by atomic mass is 16.2. The summed E-state index contributed by atoms with van der Waals surface area (Å²) in [5, 5.41) is 0. The molecule has 3 heteroatoms. The Kier molecular flexibility index (Phi) is 5.04. The maximum absolute atomic E-state index is 12.5. The maximum Gasteiger partial charge on any atom is 0.225 e. The molecule has 3 unspecified atom stereocenters. The summed E-state index contributed by atoms with van der Waals surface area (Å²) in [6.45, 7) is 4.99. The van der Waals surface area contributed by atoms with Crippen molar-refractivity contribution in [3.63, 3.8) is 0 Å². The van der Waals surface area contributed by atoms with E-state index in [4.69, 9.17) is 5.73 Å². The van der Waals surface area contributed by atoms with Gasteiger partial charge in [-0.2, -0.15) is 0 Å². The van der Waals surface area contributed by atoms with Crippen molar-refractivity contribution in [1.29, 1.82) is 0 Å². The zero-order valence-corrected chi connectivity index (χ0v) is 11.7. The number of hydrogen-bond acceptors (Lipinski definition) is 2. The van der Waals surface area contributed by atoms with Crippen LogP contribution in [-0.2, 0) is 4.79 Å². The Balaban J connectivity index is 1.84. The lowest BCUT2D eigenvalue weighted by Crippen LogP contribution is -2.37. The normalized spacial score (nSPS) is 32.8. The van der Waals surface area contributed by atoms with Crippen molar-refractivity contribution in [2.45, 2.75) is 51.9 Å². The van der Waals surface area contributed by atoms with Gasteiger partial charge >= 0.3 is 0 Å². The van der Waals surface area contributed by atoms with Crippen LogP contribution >= 0.6 is 0 Å². The van der Waals surface area contributed by atoms with E-state index in [2.05, 4.69) is 11.8 Å². The standard InChI is InChI=1S/C15H28N2O/c1-2-4-12-7-8-17(11-12)15(18)14-6-3-5-13(9-14)10-16/h12-14H,2-11,16H2,1H3. The molecule has 2 N–H and O–H groups in total. The smallest absolute Gasteiger partial charge is 0.225 e. The first-order valence-electron chi connectivity index (χ1n) is 7.73. The summed E-state index contributed by atoms with van der Waals surface area (Å²) in [6.07, 6.45) is 8.26. The molecule has 0 aromatic heterocycles. The summed E-state index contributed by atoms with van der Waals surface area (Å²) in [5.74, 6) is 2.04. The molecule has 1 amide bonds. The minimum atomic E-state index is 0.271. The molecule has 1 saturated carbocycles. The summed E-state index contributed by atoms with van der Waals surface area (Å²) in [7, 11) is 0. The van der Waals surface area contributed by atoms with Gasteiger partial charge in [-0.15, -0.1) is 0 Å². The number of nitrogens with two attached hydrogens (primary N) is 1. The molecule has 0 aromatic carbocycles. The Bertz CT molecular complexity index is 280. The topological polar surface area (TPSA) is 46.3 Å². The van der Waals surface area contributed by atoms with Crippen LogP contribution in [0.4, 0.5) is 0 Å². The second-order valence-corrected chi connectivity index (χ2v) is 6.19. The van der Waals surface area contributed by atoms with Gasteiger partial charge in [-0.1, -0.05) is 19.8 Å². The second-order valence-electron chi connectivity index (χ2n) is 6.19. The first-order valence-corrected chi connectivity index (χ1v) is 7.73. The van der Waals surface area contributed by atoms with Gasteiger partial charge in [0.05, 0.1) is 0 Å². The van der Waals surface area contributed by atoms with Gasteiger partial charge in [-0.25, -0.2) is 0 Å². The van der Waals surface area contributed by atoms with Gasteiger partial charge < -0.3 is 10.6 Å². The van der Waals surface area contributed by atoms with Crippen molar-refractivity contribution >= 4 is 5.91 Å². The number of amides is 1. The van der Waals surface area contributed by atoms with Gasteiger partial charge in [0.1, 0.15) is 0 Å². The zero-order chi connectivity index (χ0) is 13.0. The van der Waals surface area contributed by atoms with E-state index in [1.807, 2.05) is 0 Å². The monoisotopic (exact) mass is 252 g/mol. The van der Waals surface area contributed by atoms with E-state index in [-0.39, 0.29) is 5.92 Å². The molecule has 3 nitrogen and oxygen atoms in total. The highest BCUT2D eigenvalue weighted by molar-refractivity contribution is 5.79. The molecule has 0 aromatic rings. The van der Waals surface area contributed by atoms with Crippen LogP contribution in [0.15, 0.2) is 0 Å². The predicted octanol–water partition coefficient (Wildman–Crippen LogP) is 2.40. The lowest BCUT2D eigenvalue weighted by atomic mass is 9.81. The number of nitrogens with zero attached hydrogens (tertiary/aromatic N) is 1. The van der Waals surface area contributed by atoms with Gasteiger partial charge in [0, 0.05) is 19.0 Å². The van der Waals surface area contributed by atoms with Crippen molar-refractivity contribution in [1.82, 2.24) is 4.90 Å². The molecule has 1 aliphatic heterocycles. The molecule has 1 heterocycles. The van der Waals surface area contributed by atoms with E-state index in [9.17, 15) is 4.79 Å². The molecule has 18 heavy (non-hydrogen) atoms. The number of carbonyl (C=O) groups excluding carboxylic acids is 1. The summed E-state index contributed by atoms with van der Waals surface area (Å²) in [6, 6.07) is 0. The first kappa shape index (κ1) is 13.9.